The minimum Gasteiger partial charge on any atom is -0.454 e. The highest BCUT2D eigenvalue weighted by atomic mass is 32.1. The number of nitrogens with zero attached hydrogens (tertiary/aromatic N) is 1. The molecule has 2 aromatic rings. The molecule has 0 saturated carbocycles. The van der Waals surface area contributed by atoms with Gasteiger partial charge < -0.3 is 20.1 Å². The first-order chi connectivity index (χ1) is 12.8. The monoisotopic (exact) mass is 369 g/mol. The van der Waals surface area contributed by atoms with Crippen molar-refractivity contribution < 1.29 is 9.47 Å². The zero-order valence-corrected chi connectivity index (χ0v) is 15.5. The Balaban J connectivity index is 1.18. The fourth-order valence-electron chi connectivity index (χ4n) is 3.40. The molecular weight excluding hydrogens is 346 g/mol. The van der Waals surface area contributed by atoms with E-state index in [1.807, 2.05) is 18.2 Å². The van der Waals surface area contributed by atoms with E-state index in [1.54, 1.807) is 0 Å². The molecule has 0 fully saturated rings. The third-order valence-corrected chi connectivity index (χ3v) is 5.02. The minimum absolute atomic E-state index is 0.280. The van der Waals surface area contributed by atoms with Crippen molar-refractivity contribution in [3.63, 3.8) is 0 Å². The molecule has 6 heteroatoms. The molecule has 4 rings (SSSR count). The summed E-state index contributed by atoms with van der Waals surface area (Å²) >= 11 is 5.38. The van der Waals surface area contributed by atoms with Gasteiger partial charge in [0.1, 0.15) is 0 Å². The number of rotatable bonds is 5. The first kappa shape index (κ1) is 17.1. The van der Waals surface area contributed by atoms with Gasteiger partial charge in [-0.15, -0.1) is 0 Å². The number of fused-ring (bicyclic) bond motifs is 2. The van der Waals surface area contributed by atoms with E-state index in [0.29, 0.717) is 5.11 Å². The second-order valence-corrected chi connectivity index (χ2v) is 7.01. The van der Waals surface area contributed by atoms with Gasteiger partial charge in [-0.1, -0.05) is 24.3 Å². The number of anilines is 1. The summed E-state index contributed by atoms with van der Waals surface area (Å²) in [6.45, 7) is 4.40. The van der Waals surface area contributed by atoms with Crippen molar-refractivity contribution >= 4 is 23.0 Å². The lowest BCUT2D eigenvalue weighted by Crippen LogP contribution is -2.34. The fraction of sp³-hybridized carbons (Fsp3) is 0.350. The van der Waals surface area contributed by atoms with E-state index in [1.165, 1.54) is 11.1 Å². The van der Waals surface area contributed by atoms with Gasteiger partial charge in [0.05, 0.1) is 0 Å². The lowest BCUT2D eigenvalue weighted by Gasteiger charge is -2.28. The molecule has 0 atom stereocenters. The quantitative estimate of drug-likeness (QED) is 0.624. The van der Waals surface area contributed by atoms with Gasteiger partial charge in [0.2, 0.25) is 6.79 Å². The summed E-state index contributed by atoms with van der Waals surface area (Å²) in [6.07, 6.45) is 2.21. The standard InChI is InChI=1S/C20H23N3O2S/c26-20(22-17-6-7-18-19(12-17)25-14-24-18)21-9-3-10-23-11-8-15-4-1-2-5-16(15)13-23/h1-2,4-7,12H,3,8-11,13-14H2,(H2,21,22,26). The van der Waals surface area contributed by atoms with Crippen LogP contribution in [0.25, 0.3) is 0 Å². The maximum absolute atomic E-state index is 5.38. The normalized spacial score (nSPS) is 15.4. The molecule has 2 N–H and O–H groups in total. The van der Waals surface area contributed by atoms with Crippen molar-refractivity contribution in [3.05, 3.63) is 53.6 Å². The summed E-state index contributed by atoms with van der Waals surface area (Å²) < 4.78 is 10.7. The van der Waals surface area contributed by atoms with E-state index >= 15 is 0 Å². The molecule has 0 saturated heterocycles. The van der Waals surface area contributed by atoms with Gasteiger partial charge in [0.25, 0.3) is 0 Å². The Hall–Kier alpha value is -2.31. The molecule has 26 heavy (non-hydrogen) atoms. The van der Waals surface area contributed by atoms with Crippen LogP contribution in [0.4, 0.5) is 5.69 Å². The van der Waals surface area contributed by atoms with Crippen molar-refractivity contribution in [2.45, 2.75) is 19.4 Å². The van der Waals surface area contributed by atoms with Crippen molar-refractivity contribution in [2.75, 3.05) is 31.7 Å². The Bertz CT molecular complexity index is 796. The van der Waals surface area contributed by atoms with Crippen LogP contribution in [-0.2, 0) is 13.0 Å². The Morgan fingerprint density at radius 3 is 2.85 bits per heavy atom. The molecule has 0 radical (unpaired) electrons. The van der Waals surface area contributed by atoms with Gasteiger partial charge in [0, 0.05) is 37.9 Å². The van der Waals surface area contributed by atoms with Gasteiger partial charge in [-0.25, -0.2) is 0 Å². The summed E-state index contributed by atoms with van der Waals surface area (Å²) in [5.74, 6) is 1.53. The third-order valence-electron chi connectivity index (χ3n) is 4.78. The second-order valence-electron chi connectivity index (χ2n) is 6.60. The highest BCUT2D eigenvalue weighted by molar-refractivity contribution is 7.80. The van der Waals surface area contributed by atoms with Crippen LogP contribution in [0.3, 0.4) is 0 Å². The highest BCUT2D eigenvalue weighted by Crippen LogP contribution is 2.34. The van der Waals surface area contributed by atoms with E-state index in [2.05, 4.69) is 39.8 Å². The van der Waals surface area contributed by atoms with E-state index in [-0.39, 0.29) is 6.79 Å². The number of hydrogen-bond acceptors (Lipinski definition) is 4. The Kier molecular flexibility index (Phi) is 5.22. The predicted octanol–water partition coefficient (Wildman–Crippen LogP) is 3.15. The number of hydrogen-bond donors (Lipinski definition) is 2. The molecule has 0 aliphatic carbocycles. The molecule has 2 heterocycles. The molecule has 0 spiro atoms. The first-order valence-corrected chi connectivity index (χ1v) is 9.42. The Morgan fingerprint density at radius 2 is 1.92 bits per heavy atom. The highest BCUT2D eigenvalue weighted by Gasteiger charge is 2.15. The smallest absolute Gasteiger partial charge is 0.231 e. The SMILES string of the molecule is S=C(NCCCN1CCc2ccccc2C1)Nc1ccc2c(c1)OCO2. The van der Waals surface area contributed by atoms with E-state index in [4.69, 9.17) is 21.7 Å². The average molecular weight is 369 g/mol. The summed E-state index contributed by atoms with van der Waals surface area (Å²) in [5.41, 5.74) is 3.86. The van der Waals surface area contributed by atoms with Crippen LogP contribution in [0.15, 0.2) is 42.5 Å². The van der Waals surface area contributed by atoms with E-state index in [9.17, 15) is 0 Å². The average Bonchev–Trinajstić information content (AvgIpc) is 3.13. The van der Waals surface area contributed by atoms with Gasteiger partial charge >= 0.3 is 0 Å². The number of ether oxygens (including phenoxy) is 2. The minimum atomic E-state index is 0.280. The zero-order valence-electron chi connectivity index (χ0n) is 14.7. The van der Waals surface area contributed by atoms with Crippen molar-refractivity contribution in [2.24, 2.45) is 0 Å². The summed E-state index contributed by atoms with van der Waals surface area (Å²) in [6, 6.07) is 14.5. The van der Waals surface area contributed by atoms with Crippen molar-refractivity contribution in [1.82, 2.24) is 10.2 Å². The molecule has 2 aromatic carbocycles. The Labute approximate surface area is 159 Å². The topological polar surface area (TPSA) is 45.8 Å². The van der Waals surface area contributed by atoms with Crippen LogP contribution in [0.2, 0.25) is 0 Å². The van der Waals surface area contributed by atoms with Crippen LogP contribution < -0.4 is 20.1 Å². The summed E-state index contributed by atoms with van der Waals surface area (Å²) in [7, 11) is 0. The van der Waals surface area contributed by atoms with Crippen LogP contribution in [-0.4, -0.2) is 36.4 Å². The predicted molar refractivity (Wildman–Crippen MR) is 107 cm³/mol. The zero-order chi connectivity index (χ0) is 17.8. The summed E-state index contributed by atoms with van der Waals surface area (Å²) in [4.78, 5) is 2.51. The summed E-state index contributed by atoms with van der Waals surface area (Å²) in [5, 5.41) is 7.11. The first-order valence-electron chi connectivity index (χ1n) is 9.01. The maximum atomic E-state index is 5.38. The number of benzene rings is 2. The second kappa shape index (κ2) is 7.93. The Morgan fingerprint density at radius 1 is 1.08 bits per heavy atom. The molecular formula is C20H23N3O2S. The molecule has 2 aliphatic heterocycles. The number of thiocarbonyl (C=S) groups is 1. The third kappa shape index (κ3) is 4.08. The molecule has 0 unspecified atom stereocenters. The molecule has 0 bridgehead atoms. The molecule has 0 amide bonds. The van der Waals surface area contributed by atoms with E-state index in [0.717, 1.165) is 56.2 Å². The van der Waals surface area contributed by atoms with Gasteiger partial charge in [0.15, 0.2) is 16.6 Å². The maximum Gasteiger partial charge on any atom is 0.231 e. The van der Waals surface area contributed by atoms with Crippen LogP contribution in [0.5, 0.6) is 11.5 Å². The van der Waals surface area contributed by atoms with Crippen LogP contribution in [0, 0.1) is 0 Å². The largest absolute Gasteiger partial charge is 0.454 e. The van der Waals surface area contributed by atoms with Crippen LogP contribution >= 0.6 is 12.2 Å². The fourth-order valence-corrected chi connectivity index (χ4v) is 3.62. The van der Waals surface area contributed by atoms with Gasteiger partial charge in [-0.3, -0.25) is 4.90 Å². The van der Waals surface area contributed by atoms with E-state index < -0.39 is 0 Å². The lowest BCUT2D eigenvalue weighted by molar-refractivity contribution is 0.174. The molecule has 5 nitrogen and oxygen atoms in total. The molecule has 136 valence electrons. The number of nitrogens with one attached hydrogen (secondary N) is 2. The van der Waals surface area contributed by atoms with Crippen LogP contribution in [0.1, 0.15) is 17.5 Å². The lowest BCUT2D eigenvalue weighted by atomic mass is 10.00. The molecule has 2 aliphatic rings. The van der Waals surface area contributed by atoms with Gasteiger partial charge in [-0.05, 0) is 48.3 Å². The van der Waals surface area contributed by atoms with Crippen molar-refractivity contribution in [1.29, 1.82) is 0 Å². The molecule has 0 aromatic heterocycles. The van der Waals surface area contributed by atoms with Gasteiger partial charge in [-0.2, -0.15) is 0 Å². The van der Waals surface area contributed by atoms with Crippen molar-refractivity contribution in [3.8, 4) is 11.5 Å².